The van der Waals surface area contributed by atoms with Crippen molar-refractivity contribution in [3.8, 4) is 5.75 Å². The van der Waals surface area contributed by atoms with Crippen LogP contribution in [0.3, 0.4) is 0 Å². The predicted molar refractivity (Wildman–Crippen MR) is 488 cm³/mol. The lowest BCUT2D eigenvalue weighted by atomic mass is 10.1. The number of halogens is 7. The van der Waals surface area contributed by atoms with Crippen LogP contribution in [0.15, 0.2) is 250 Å². The second-order valence-electron chi connectivity index (χ2n) is 28.9. The molecule has 0 radical (unpaired) electrons. The number of ether oxygens (including phenoxy) is 1. The summed E-state index contributed by atoms with van der Waals surface area (Å²) in [5.41, 5.74) is 10.2. The van der Waals surface area contributed by atoms with Crippen LogP contribution in [0.5, 0.6) is 5.75 Å². The highest BCUT2D eigenvalue weighted by atomic mass is 35.5. The molecule has 3 aliphatic heterocycles. The van der Waals surface area contributed by atoms with Crippen molar-refractivity contribution in [2.45, 2.75) is 40.5 Å². The minimum absolute atomic E-state index is 0.0445. The number of amidine groups is 3. The van der Waals surface area contributed by atoms with Crippen LogP contribution in [0.2, 0.25) is 20.1 Å². The topological polar surface area (TPSA) is 374 Å². The van der Waals surface area contributed by atoms with Crippen molar-refractivity contribution >= 4 is 163 Å². The number of hydrogen-bond acceptors (Lipinski definition) is 16. The van der Waals surface area contributed by atoms with Crippen LogP contribution in [0.4, 0.5) is 59.2 Å². The van der Waals surface area contributed by atoms with Gasteiger partial charge >= 0.3 is 6.36 Å². The summed E-state index contributed by atoms with van der Waals surface area (Å²) in [5.74, 6) is -1.74. The Bertz CT molecular complexity index is 6190. The minimum atomic E-state index is -4.97. The molecule has 15 rings (SSSR count). The highest BCUT2D eigenvalue weighted by Crippen LogP contribution is 2.31. The number of likely N-dealkylation sites (tertiary alicyclic amines) is 1. The Balaban J connectivity index is 0.000000154. The molecule has 4 aromatic heterocycles. The molecule has 0 bridgehead atoms. The number of carbonyl (C=O) groups excluding carboxylic acids is 8. The number of anilines is 8. The molecule has 8 amide bonds. The third-order valence-electron chi connectivity index (χ3n) is 19.2. The highest BCUT2D eigenvalue weighted by molar-refractivity contribution is 6.31. The Morgan fingerprint density at radius 2 is 0.575 bits per heavy atom. The zero-order valence-corrected chi connectivity index (χ0v) is 71.2. The molecule has 0 aliphatic carbocycles. The summed E-state index contributed by atoms with van der Waals surface area (Å²) < 4.78 is 42.0. The summed E-state index contributed by atoms with van der Waals surface area (Å²) in [5, 5.41) is 47.6. The van der Waals surface area contributed by atoms with E-state index in [1.807, 2.05) is 72.7 Å². The molecule has 3 aliphatic rings. The quantitative estimate of drug-likeness (QED) is 0.0181. The Labute approximate surface area is 746 Å². The van der Waals surface area contributed by atoms with E-state index in [0.29, 0.717) is 111 Å². The summed E-state index contributed by atoms with van der Waals surface area (Å²) in [6.45, 7) is 16.6. The molecule has 3 fully saturated rings. The summed E-state index contributed by atoms with van der Waals surface area (Å²) >= 11 is 23.3. The number of aromatic nitrogens is 4. The number of carbonyl (C=O) groups is 8. The van der Waals surface area contributed by atoms with E-state index < -0.39 is 35.7 Å². The lowest BCUT2D eigenvalue weighted by Gasteiger charge is -2.33. The van der Waals surface area contributed by atoms with Gasteiger partial charge < -0.3 is 62.0 Å². The third-order valence-corrected chi connectivity index (χ3v) is 20.1. The maximum atomic E-state index is 12.8. The fourth-order valence-corrected chi connectivity index (χ4v) is 12.5. The van der Waals surface area contributed by atoms with Crippen LogP contribution in [-0.4, -0.2) is 145 Å². The van der Waals surface area contributed by atoms with Crippen LogP contribution < -0.4 is 47.3 Å². The van der Waals surface area contributed by atoms with Crippen LogP contribution in [0.1, 0.15) is 135 Å². The van der Waals surface area contributed by atoms with Crippen LogP contribution in [0, 0.1) is 37.0 Å². The van der Waals surface area contributed by atoms with Crippen molar-refractivity contribution in [1.29, 1.82) is 16.2 Å². The molecular weight excluding hydrogens is 1710 g/mol. The van der Waals surface area contributed by atoms with Crippen molar-refractivity contribution in [2.75, 3.05) is 81.8 Å². The summed E-state index contributed by atoms with van der Waals surface area (Å²) in [6, 6.07) is 58.4. The van der Waals surface area contributed by atoms with Crippen molar-refractivity contribution < 1.29 is 56.3 Å². The van der Waals surface area contributed by atoms with Crippen LogP contribution in [0.25, 0.3) is 5.57 Å². The van der Waals surface area contributed by atoms with E-state index in [2.05, 4.69) is 73.8 Å². The number of aryl methyl sites for hydroxylation is 3. The van der Waals surface area contributed by atoms with Crippen molar-refractivity contribution in [3.05, 3.63) is 353 Å². The van der Waals surface area contributed by atoms with Gasteiger partial charge in [-0.05, 0) is 191 Å². The molecule has 8 aromatic carbocycles. The number of alkyl halides is 3. The van der Waals surface area contributed by atoms with Crippen molar-refractivity contribution in [1.82, 2.24) is 34.6 Å². The molecule has 0 atom stereocenters. The van der Waals surface area contributed by atoms with Gasteiger partial charge in [-0.3, -0.25) is 54.6 Å². The number of benzene rings is 8. The van der Waals surface area contributed by atoms with E-state index in [1.54, 1.807) is 146 Å². The first-order valence-electron chi connectivity index (χ1n) is 39.0. The zero-order valence-electron chi connectivity index (χ0n) is 68.2. The number of nitrogens with one attached hydrogen (secondary N) is 11. The number of hydrogen-bond donors (Lipinski definition) is 11. The maximum absolute atomic E-state index is 12.8. The smallest absolute Gasteiger partial charge is 0.406 e. The second-order valence-corrected chi connectivity index (χ2v) is 30.7. The second kappa shape index (κ2) is 41.5. The number of nitrogens with zero attached hydrogens (tertiary/aromatic N) is 7. The van der Waals surface area contributed by atoms with E-state index >= 15 is 0 Å². The van der Waals surface area contributed by atoms with Gasteiger partial charge in [-0.15, -0.1) is 13.2 Å². The highest BCUT2D eigenvalue weighted by Gasteiger charge is 2.33. The van der Waals surface area contributed by atoms with Gasteiger partial charge in [0.15, 0.2) is 0 Å². The van der Waals surface area contributed by atoms with Gasteiger partial charge in [-0.25, -0.2) is 19.9 Å². The Morgan fingerprint density at radius 3 is 0.803 bits per heavy atom. The van der Waals surface area contributed by atoms with E-state index in [4.69, 9.17) is 62.6 Å². The average Bonchev–Trinajstić information content (AvgIpc) is 1.53. The normalized spacial score (nSPS) is 12.0. The largest absolute Gasteiger partial charge is 0.573 e. The monoisotopic (exact) mass is 1790 g/mol. The van der Waals surface area contributed by atoms with Gasteiger partial charge in [0, 0.05) is 103 Å². The molecule has 0 spiro atoms. The Hall–Kier alpha value is -15.0. The van der Waals surface area contributed by atoms with Gasteiger partial charge in [0.2, 0.25) is 0 Å². The molecule has 0 saturated carbocycles. The molecular formula is C93H79Cl4F3N18O9. The van der Waals surface area contributed by atoms with Gasteiger partial charge in [-0.1, -0.05) is 142 Å². The lowest BCUT2D eigenvalue weighted by molar-refractivity contribution is -0.274. The third kappa shape index (κ3) is 25.8. The lowest BCUT2D eigenvalue weighted by Crippen LogP contribution is -2.42. The van der Waals surface area contributed by atoms with Crippen LogP contribution >= 0.6 is 46.4 Å². The minimum Gasteiger partial charge on any atom is -0.406 e. The average molecular weight is 1790 g/mol. The van der Waals surface area contributed by atoms with E-state index in [1.165, 1.54) is 49.1 Å². The van der Waals surface area contributed by atoms with Gasteiger partial charge in [-0.2, -0.15) is 0 Å². The number of allylic oxidation sites excluding steroid dienone is 1. The molecule has 0 unspecified atom stereocenters. The standard InChI is InChI=1S/C24H22ClN5O2.C23H17ClF3N5O3.C23H20ClN5O2.C23H20ClN3O2/c1-15-3-9-20(19(13-15)24(32)29-21-10-8-18(25)14-27-21)28-23(31)17-6-4-16(5-7-17)22(26)30-11-2-12-30;24-15-5-8-19(29-12-15)31-22(34)17-11-16(35-23(25,26)27)6-7-18(17)30-21(33)14-3-1-13(2-4-14)20(28)32-9-10-32;1-14-2-8-19(18(12-14)23(31)28-20-9-7-17(24)13-26-20)27-22(30)16-5-3-15(4-6-16)21(25)29-10-11-29;1-14(2)16-5-7-17(8-6-16)22(28)26-20-10-4-15(3)12-19(20)23(29)27-21-11-9-18(24)13-25-21/h3-10,13-14,26H,2,11-12H2,1H3,(H,28,31)(H,27,29,32);1-8,11-12,28H,9-10H2,(H,30,33)(H,29,31,34);2-9,12-13,25H,10-11H2,1H3,(H,27,30)(H,26,28,31);4-13H,1H2,2-3H3,(H,26,28)(H,25,27,29). The van der Waals surface area contributed by atoms with Crippen LogP contribution in [-0.2, 0) is 0 Å². The van der Waals surface area contributed by atoms with E-state index in [-0.39, 0.29) is 46.3 Å². The number of amides is 8. The Kier molecular flexibility index (Phi) is 29.8. The molecule has 3 saturated heterocycles. The van der Waals surface area contributed by atoms with E-state index in [0.717, 1.165) is 103 Å². The fraction of sp³-hybridized carbons (Fsp3) is 0.129. The zero-order chi connectivity index (χ0) is 90.8. The molecule has 12 aromatic rings. The molecule has 644 valence electrons. The van der Waals surface area contributed by atoms with E-state index in [9.17, 15) is 51.5 Å². The first kappa shape index (κ1) is 91.2. The predicted octanol–water partition coefficient (Wildman–Crippen LogP) is 19.1. The molecule has 11 N–H and O–H groups in total. The SMILES string of the molecule is C=C(C)c1ccc(C(=O)Nc2ccc(C)cc2C(=O)Nc2ccc(Cl)cn2)cc1.Cc1ccc(NC(=O)c2ccc(C(=N)N3CC3)cc2)c(C(=O)Nc2ccc(Cl)cn2)c1.Cc1ccc(NC(=O)c2ccc(C(=N)N3CCC3)cc2)c(C(=O)Nc2ccc(Cl)cn2)c1.N=C(c1ccc(C(=O)Nc2ccc(OC(F)(F)F)cc2C(=O)Nc2ccc(Cl)cn2)cc1)N1CC1. The fourth-order valence-electron chi connectivity index (χ4n) is 12.1. The molecule has 127 heavy (non-hydrogen) atoms. The van der Waals surface area contributed by atoms with Crippen molar-refractivity contribution in [2.24, 2.45) is 0 Å². The number of pyridine rings is 4. The Morgan fingerprint density at radius 1 is 0.331 bits per heavy atom. The number of rotatable bonds is 21. The van der Waals surface area contributed by atoms with Gasteiger partial charge in [0.05, 0.1) is 65.1 Å². The molecule has 34 heteroatoms. The summed E-state index contributed by atoms with van der Waals surface area (Å²) in [7, 11) is 0. The summed E-state index contributed by atoms with van der Waals surface area (Å²) in [4.78, 5) is 124. The molecule has 7 heterocycles. The molecule has 27 nitrogen and oxygen atoms in total. The van der Waals surface area contributed by atoms with Gasteiger partial charge in [0.25, 0.3) is 47.3 Å². The first-order valence-corrected chi connectivity index (χ1v) is 40.5. The van der Waals surface area contributed by atoms with Gasteiger partial charge in [0.1, 0.15) is 46.5 Å². The summed E-state index contributed by atoms with van der Waals surface area (Å²) in [6.07, 6.45) is 1.75. The maximum Gasteiger partial charge on any atom is 0.573 e. The van der Waals surface area contributed by atoms with Crippen molar-refractivity contribution in [3.63, 3.8) is 0 Å². The first-order chi connectivity index (χ1) is 60.7.